The Bertz CT molecular complexity index is 659. The SMILES string of the molecule is Cc1ccc(Nc2nnc([C@H](C)NC(=O)OC(C)(C)C)o2)cc1. The topological polar surface area (TPSA) is 89.3 Å². The maximum atomic E-state index is 11.7. The van der Waals surface area contributed by atoms with Crippen LogP contribution in [-0.4, -0.2) is 21.9 Å². The summed E-state index contributed by atoms with van der Waals surface area (Å²) in [6.45, 7) is 9.15. The van der Waals surface area contributed by atoms with E-state index in [0.29, 0.717) is 5.89 Å². The van der Waals surface area contributed by atoms with Crippen molar-refractivity contribution in [2.75, 3.05) is 5.32 Å². The second-order valence-corrected chi connectivity index (χ2v) is 6.30. The highest BCUT2D eigenvalue weighted by Crippen LogP contribution is 2.19. The molecule has 0 spiro atoms. The third-order valence-corrected chi connectivity index (χ3v) is 2.85. The van der Waals surface area contributed by atoms with Crippen LogP contribution in [0.15, 0.2) is 28.7 Å². The first-order valence-electron chi connectivity index (χ1n) is 7.39. The molecule has 1 atom stereocenters. The molecule has 1 aromatic carbocycles. The molecule has 124 valence electrons. The first-order chi connectivity index (χ1) is 10.7. The first-order valence-corrected chi connectivity index (χ1v) is 7.39. The van der Waals surface area contributed by atoms with Gasteiger partial charge in [-0.3, -0.25) is 0 Å². The van der Waals surface area contributed by atoms with Gasteiger partial charge in [0.2, 0.25) is 5.89 Å². The fourth-order valence-corrected chi connectivity index (χ4v) is 1.77. The molecule has 1 heterocycles. The van der Waals surface area contributed by atoms with Gasteiger partial charge in [-0.2, -0.15) is 0 Å². The number of aryl methyl sites for hydroxylation is 1. The van der Waals surface area contributed by atoms with Gasteiger partial charge < -0.3 is 19.8 Å². The van der Waals surface area contributed by atoms with Crippen LogP contribution in [0.2, 0.25) is 0 Å². The van der Waals surface area contributed by atoms with Crippen LogP contribution in [0.5, 0.6) is 0 Å². The van der Waals surface area contributed by atoms with E-state index in [1.807, 2.05) is 31.2 Å². The second-order valence-electron chi connectivity index (χ2n) is 6.30. The molecule has 2 aromatic rings. The summed E-state index contributed by atoms with van der Waals surface area (Å²) in [6.07, 6.45) is -0.531. The zero-order valence-electron chi connectivity index (χ0n) is 14.0. The molecule has 0 radical (unpaired) electrons. The molecule has 2 rings (SSSR count). The average molecular weight is 318 g/mol. The summed E-state index contributed by atoms with van der Waals surface area (Å²) in [6, 6.07) is 7.61. The zero-order chi connectivity index (χ0) is 17.0. The van der Waals surface area contributed by atoms with Gasteiger partial charge in [0, 0.05) is 5.69 Å². The monoisotopic (exact) mass is 318 g/mol. The number of ether oxygens (including phenoxy) is 1. The molecular weight excluding hydrogens is 296 g/mol. The van der Waals surface area contributed by atoms with Gasteiger partial charge in [-0.15, -0.1) is 5.10 Å². The van der Waals surface area contributed by atoms with Crippen LogP contribution >= 0.6 is 0 Å². The minimum absolute atomic E-state index is 0.265. The molecule has 0 aliphatic carbocycles. The van der Waals surface area contributed by atoms with Crippen LogP contribution in [0.4, 0.5) is 16.5 Å². The van der Waals surface area contributed by atoms with Crippen LogP contribution in [0, 0.1) is 6.92 Å². The Balaban J connectivity index is 1.95. The Kier molecular flexibility index (Phi) is 4.88. The highest BCUT2D eigenvalue weighted by molar-refractivity contribution is 5.68. The molecular formula is C16H22N4O3. The molecule has 0 unspecified atom stereocenters. The standard InChI is InChI=1S/C16H22N4O3/c1-10-6-8-12(9-7-10)18-14-20-19-13(22-14)11(2)17-15(21)23-16(3,4)5/h6-9,11H,1-5H3,(H,17,21)(H,18,20)/t11-/m0/s1. The van der Waals surface area contributed by atoms with Gasteiger partial charge in [-0.1, -0.05) is 22.8 Å². The van der Waals surface area contributed by atoms with Crippen LogP contribution in [0.3, 0.4) is 0 Å². The predicted molar refractivity (Wildman–Crippen MR) is 86.5 cm³/mol. The summed E-state index contributed by atoms with van der Waals surface area (Å²) in [5.41, 5.74) is 1.45. The van der Waals surface area contributed by atoms with Crippen molar-refractivity contribution in [2.24, 2.45) is 0 Å². The fourth-order valence-electron chi connectivity index (χ4n) is 1.77. The van der Waals surface area contributed by atoms with E-state index in [-0.39, 0.29) is 6.01 Å². The Hall–Kier alpha value is -2.57. The normalized spacial score (nSPS) is 12.6. The largest absolute Gasteiger partial charge is 0.444 e. The van der Waals surface area contributed by atoms with Crippen LogP contribution in [0.25, 0.3) is 0 Å². The lowest BCUT2D eigenvalue weighted by Crippen LogP contribution is -2.34. The number of carbonyl (C=O) groups is 1. The highest BCUT2D eigenvalue weighted by atomic mass is 16.6. The third-order valence-electron chi connectivity index (χ3n) is 2.85. The number of hydrogen-bond donors (Lipinski definition) is 2. The molecule has 23 heavy (non-hydrogen) atoms. The number of nitrogens with one attached hydrogen (secondary N) is 2. The van der Waals surface area contributed by atoms with Crippen molar-refractivity contribution in [1.29, 1.82) is 0 Å². The second kappa shape index (κ2) is 6.68. The summed E-state index contributed by atoms with van der Waals surface area (Å²) in [7, 11) is 0. The summed E-state index contributed by atoms with van der Waals surface area (Å²) in [4.78, 5) is 11.7. The predicted octanol–water partition coefficient (Wildman–Crippen LogP) is 3.71. The molecule has 0 saturated heterocycles. The molecule has 2 N–H and O–H groups in total. The maximum absolute atomic E-state index is 11.7. The number of benzene rings is 1. The van der Waals surface area contributed by atoms with Crippen molar-refractivity contribution in [3.8, 4) is 0 Å². The fraction of sp³-hybridized carbons (Fsp3) is 0.438. The number of nitrogens with zero attached hydrogens (tertiary/aromatic N) is 2. The smallest absolute Gasteiger partial charge is 0.408 e. The van der Waals surface area contributed by atoms with E-state index in [4.69, 9.17) is 9.15 Å². The van der Waals surface area contributed by atoms with E-state index in [1.165, 1.54) is 0 Å². The van der Waals surface area contributed by atoms with Crippen LogP contribution in [-0.2, 0) is 4.74 Å². The molecule has 1 aromatic heterocycles. The van der Waals surface area contributed by atoms with Gasteiger partial charge in [0.05, 0.1) is 0 Å². The number of amides is 1. The van der Waals surface area contributed by atoms with E-state index < -0.39 is 17.7 Å². The zero-order valence-corrected chi connectivity index (χ0v) is 14.0. The van der Waals surface area contributed by atoms with Gasteiger partial charge in [0.15, 0.2) is 0 Å². The molecule has 7 heteroatoms. The van der Waals surface area contributed by atoms with Crippen LogP contribution < -0.4 is 10.6 Å². The average Bonchev–Trinajstić information content (AvgIpc) is 2.88. The number of aromatic nitrogens is 2. The molecule has 0 aliphatic rings. The quantitative estimate of drug-likeness (QED) is 0.893. The molecule has 0 aliphatic heterocycles. The molecule has 0 bridgehead atoms. The van der Waals surface area contributed by atoms with E-state index in [2.05, 4.69) is 20.8 Å². The number of hydrogen-bond acceptors (Lipinski definition) is 6. The third kappa shape index (κ3) is 5.28. The van der Waals surface area contributed by atoms with E-state index in [1.54, 1.807) is 27.7 Å². The van der Waals surface area contributed by atoms with E-state index in [0.717, 1.165) is 11.3 Å². The maximum Gasteiger partial charge on any atom is 0.408 e. The number of anilines is 2. The van der Waals surface area contributed by atoms with Crippen molar-refractivity contribution < 1.29 is 13.9 Å². The van der Waals surface area contributed by atoms with Crippen molar-refractivity contribution in [1.82, 2.24) is 15.5 Å². The summed E-state index contributed by atoms with van der Waals surface area (Å²) >= 11 is 0. The molecule has 7 nitrogen and oxygen atoms in total. The Morgan fingerprint density at radius 1 is 1.22 bits per heavy atom. The first kappa shape index (κ1) is 16.8. The van der Waals surface area contributed by atoms with Crippen LogP contribution in [0.1, 0.15) is 45.2 Å². The Morgan fingerprint density at radius 2 is 1.87 bits per heavy atom. The van der Waals surface area contributed by atoms with Gasteiger partial charge in [0.25, 0.3) is 0 Å². The minimum atomic E-state index is -0.559. The van der Waals surface area contributed by atoms with Gasteiger partial charge >= 0.3 is 12.1 Å². The summed E-state index contributed by atoms with van der Waals surface area (Å²) in [5.74, 6) is 0.297. The number of alkyl carbamates (subject to hydrolysis) is 1. The van der Waals surface area contributed by atoms with E-state index in [9.17, 15) is 4.79 Å². The van der Waals surface area contributed by atoms with E-state index >= 15 is 0 Å². The van der Waals surface area contributed by atoms with Gasteiger partial charge in [-0.25, -0.2) is 4.79 Å². The molecule has 0 saturated carbocycles. The van der Waals surface area contributed by atoms with Crippen molar-refractivity contribution in [2.45, 2.75) is 46.3 Å². The lowest BCUT2D eigenvalue weighted by atomic mass is 10.2. The van der Waals surface area contributed by atoms with Gasteiger partial charge in [-0.05, 0) is 46.8 Å². The number of carbonyl (C=O) groups excluding carboxylic acids is 1. The highest BCUT2D eigenvalue weighted by Gasteiger charge is 2.21. The van der Waals surface area contributed by atoms with Crippen molar-refractivity contribution in [3.05, 3.63) is 35.7 Å². The molecule has 0 fully saturated rings. The number of rotatable bonds is 4. The van der Waals surface area contributed by atoms with Crippen molar-refractivity contribution >= 4 is 17.8 Å². The summed E-state index contributed by atoms with van der Waals surface area (Å²) < 4.78 is 10.7. The lowest BCUT2D eigenvalue weighted by molar-refractivity contribution is 0.0501. The lowest BCUT2D eigenvalue weighted by Gasteiger charge is -2.20. The summed E-state index contributed by atoms with van der Waals surface area (Å²) in [5, 5.41) is 13.5. The Labute approximate surface area is 135 Å². The molecule has 1 amide bonds. The minimum Gasteiger partial charge on any atom is -0.444 e. The van der Waals surface area contributed by atoms with Crippen molar-refractivity contribution in [3.63, 3.8) is 0 Å². The van der Waals surface area contributed by atoms with Gasteiger partial charge in [0.1, 0.15) is 11.6 Å². The Morgan fingerprint density at radius 3 is 2.48 bits per heavy atom.